The molecule has 19 heavy (non-hydrogen) atoms. The molecule has 0 N–H and O–H groups in total. The van der Waals surface area contributed by atoms with Gasteiger partial charge in [-0.3, -0.25) is 4.99 Å². The highest BCUT2D eigenvalue weighted by atomic mass is 32.2. The molecule has 0 bridgehead atoms. The van der Waals surface area contributed by atoms with Gasteiger partial charge in [0.25, 0.3) is 0 Å². The summed E-state index contributed by atoms with van der Waals surface area (Å²) >= 11 is 1.83. The molecule has 1 aromatic rings. The molecule has 2 nitrogen and oxygen atoms in total. The van der Waals surface area contributed by atoms with Crippen molar-refractivity contribution >= 4 is 22.6 Å². The summed E-state index contributed by atoms with van der Waals surface area (Å²) in [7, 11) is 0. The highest BCUT2D eigenvalue weighted by molar-refractivity contribution is 8.17. The SMILES string of the molecule is CC1=C(c2ccccc2)N2C(=NC[C@@H]2CC(C)C)S1. The maximum atomic E-state index is 4.72. The maximum absolute atomic E-state index is 4.72. The number of thioether (sulfide) groups is 1. The summed E-state index contributed by atoms with van der Waals surface area (Å²) in [6.45, 7) is 7.74. The van der Waals surface area contributed by atoms with Crippen LogP contribution in [-0.2, 0) is 0 Å². The van der Waals surface area contributed by atoms with Crippen LogP contribution in [0.5, 0.6) is 0 Å². The van der Waals surface area contributed by atoms with Crippen LogP contribution in [0.1, 0.15) is 32.8 Å². The van der Waals surface area contributed by atoms with Crippen molar-refractivity contribution < 1.29 is 0 Å². The maximum Gasteiger partial charge on any atom is 0.168 e. The summed E-state index contributed by atoms with van der Waals surface area (Å²) in [5, 5.41) is 1.20. The molecule has 1 atom stereocenters. The number of benzene rings is 1. The molecule has 0 amide bonds. The van der Waals surface area contributed by atoms with Gasteiger partial charge < -0.3 is 4.90 Å². The largest absolute Gasteiger partial charge is 0.315 e. The van der Waals surface area contributed by atoms with Gasteiger partial charge in [-0.25, -0.2) is 0 Å². The van der Waals surface area contributed by atoms with Gasteiger partial charge in [0.15, 0.2) is 5.17 Å². The molecule has 0 saturated carbocycles. The first-order valence-electron chi connectivity index (χ1n) is 6.94. The molecule has 0 fully saturated rings. The standard InChI is InChI=1S/C16H20N2S/c1-11(2)9-14-10-17-16-18(14)15(12(3)19-16)13-7-5-4-6-8-13/h4-8,11,14H,9-10H2,1-3H3/t14-/m0/s1. The van der Waals surface area contributed by atoms with Gasteiger partial charge in [0.05, 0.1) is 18.3 Å². The lowest BCUT2D eigenvalue weighted by Crippen LogP contribution is -2.32. The Bertz CT molecular complexity index is 531. The summed E-state index contributed by atoms with van der Waals surface area (Å²) in [6, 6.07) is 11.2. The molecule has 0 aliphatic carbocycles. The fraction of sp³-hybridized carbons (Fsp3) is 0.438. The van der Waals surface area contributed by atoms with E-state index in [-0.39, 0.29) is 0 Å². The molecule has 0 unspecified atom stereocenters. The van der Waals surface area contributed by atoms with Gasteiger partial charge in [-0.1, -0.05) is 55.9 Å². The van der Waals surface area contributed by atoms with E-state index in [1.165, 1.54) is 27.8 Å². The van der Waals surface area contributed by atoms with Crippen LogP contribution in [0.4, 0.5) is 0 Å². The molecule has 2 heterocycles. The molecule has 1 aromatic carbocycles. The third kappa shape index (κ3) is 2.32. The van der Waals surface area contributed by atoms with Crippen LogP contribution in [-0.4, -0.2) is 22.7 Å². The first-order valence-corrected chi connectivity index (χ1v) is 7.76. The van der Waals surface area contributed by atoms with E-state index in [4.69, 9.17) is 4.99 Å². The van der Waals surface area contributed by atoms with Crippen molar-refractivity contribution in [3.8, 4) is 0 Å². The van der Waals surface area contributed by atoms with E-state index < -0.39 is 0 Å². The minimum absolute atomic E-state index is 0.537. The van der Waals surface area contributed by atoms with Crippen molar-refractivity contribution in [2.75, 3.05) is 6.54 Å². The normalized spacial score (nSPS) is 22.2. The minimum Gasteiger partial charge on any atom is -0.315 e. The Morgan fingerprint density at radius 1 is 1.32 bits per heavy atom. The van der Waals surface area contributed by atoms with Crippen molar-refractivity contribution in [2.45, 2.75) is 33.2 Å². The summed E-state index contributed by atoms with van der Waals surface area (Å²) in [5.41, 5.74) is 2.68. The zero-order chi connectivity index (χ0) is 13.4. The van der Waals surface area contributed by atoms with Crippen LogP contribution in [0.3, 0.4) is 0 Å². The Kier molecular flexibility index (Phi) is 3.40. The molecule has 2 aliphatic rings. The van der Waals surface area contributed by atoms with E-state index in [1.54, 1.807) is 0 Å². The van der Waals surface area contributed by atoms with Gasteiger partial charge in [-0.2, -0.15) is 0 Å². The number of rotatable bonds is 3. The van der Waals surface area contributed by atoms with E-state index in [2.05, 4.69) is 56.0 Å². The predicted molar refractivity (Wildman–Crippen MR) is 84.0 cm³/mol. The van der Waals surface area contributed by atoms with E-state index in [0.717, 1.165) is 6.54 Å². The van der Waals surface area contributed by atoms with Crippen LogP contribution in [0.2, 0.25) is 0 Å². The van der Waals surface area contributed by atoms with Crippen molar-refractivity contribution in [2.24, 2.45) is 10.9 Å². The van der Waals surface area contributed by atoms with Gasteiger partial charge in [-0.15, -0.1) is 0 Å². The van der Waals surface area contributed by atoms with Crippen LogP contribution in [0.15, 0.2) is 40.2 Å². The Labute approximate surface area is 119 Å². The average Bonchev–Trinajstić information content (AvgIpc) is 2.89. The Morgan fingerprint density at radius 3 is 2.74 bits per heavy atom. The number of allylic oxidation sites excluding steroid dienone is 1. The first kappa shape index (κ1) is 12.8. The van der Waals surface area contributed by atoms with E-state index >= 15 is 0 Å². The zero-order valence-corrected chi connectivity index (χ0v) is 12.6. The monoisotopic (exact) mass is 272 g/mol. The molecule has 0 saturated heterocycles. The lowest BCUT2D eigenvalue weighted by molar-refractivity contribution is 0.383. The van der Waals surface area contributed by atoms with Crippen LogP contribution in [0.25, 0.3) is 5.70 Å². The molecule has 2 aliphatic heterocycles. The Hall–Kier alpha value is -1.22. The van der Waals surface area contributed by atoms with Crippen molar-refractivity contribution in [3.63, 3.8) is 0 Å². The second kappa shape index (κ2) is 5.04. The molecule has 0 radical (unpaired) electrons. The van der Waals surface area contributed by atoms with Crippen molar-refractivity contribution in [3.05, 3.63) is 40.8 Å². The third-order valence-corrected chi connectivity index (χ3v) is 4.63. The van der Waals surface area contributed by atoms with E-state index in [1.807, 2.05) is 11.8 Å². The van der Waals surface area contributed by atoms with Crippen LogP contribution >= 0.6 is 11.8 Å². The molecule has 0 spiro atoms. The Morgan fingerprint density at radius 2 is 2.05 bits per heavy atom. The molecule has 100 valence electrons. The summed E-state index contributed by atoms with van der Waals surface area (Å²) in [5.74, 6) is 0.711. The number of fused-ring (bicyclic) bond motifs is 1. The average molecular weight is 272 g/mol. The third-order valence-electron chi connectivity index (χ3n) is 3.62. The molecule has 3 rings (SSSR count). The van der Waals surface area contributed by atoms with Gasteiger partial charge >= 0.3 is 0 Å². The molecule has 3 heteroatoms. The van der Waals surface area contributed by atoms with Gasteiger partial charge in [-0.05, 0) is 24.8 Å². The quantitative estimate of drug-likeness (QED) is 0.819. The molecule has 0 aromatic heterocycles. The van der Waals surface area contributed by atoms with Gasteiger partial charge in [0.2, 0.25) is 0 Å². The smallest absolute Gasteiger partial charge is 0.168 e. The first-order chi connectivity index (χ1) is 9.16. The summed E-state index contributed by atoms with van der Waals surface area (Å²) in [4.78, 5) is 8.56. The van der Waals surface area contributed by atoms with E-state index in [0.29, 0.717) is 12.0 Å². The van der Waals surface area contributed by atoms with Crippen LogP contribution in [0, 0.1) is 5.92 Å². The second-order valence-electron chi connectivity index (χ2n) is 5.65. The van der Waals surface area contributed by atoms with Crippen molar-refractivity contribution in [1.82, 2.24) is 4.90 Å². The number of hydrogen-bond donors (Lipinski definition) is 0. The fourth-order valence-electron chi connectivity index (χ4n) is 2.87. The highest BCUT2D eigenvalue weighted by Crippen LogP contribution is 2.44. The predicted octanol–water partition coefficient (Wildman–Crippen LogP) is 4.21. The lowest BCUT2D eigenvalue weighted by Gasteiger charge is -2.27. The van der Waals surface area contributed by atoms with E-state index in [9.17, 15) is 0 Å². The fourth-order valence-corrected chi connectivity index (χ4v) is 3.94. The van der Waals surface area contributed by atoms with Gasteiger partial charge in [0, 0.05) is 4.91 Å². The summed E-state index contributed by atoms with van der Waals surface area (Å²) < 4.78 is 0. The Balaban J connectivity index is 1.94. The summed E-state index contributed by atoms with van der Waals surface area (Å²) in [6.07, 6.45) is 1.21. The highest BCUT2D eigenvalue weighted by Gasteiger charge is 2.37. The minimum atomic E-state index is 0.537. The number of nitrogens with zero attached hydrogens (tertiary/aromatic N) is 2. The molecular formula is C16H20N2S. The van der Waals surface area contributed by atoms with Gasteiger partial charge in [0.1, 0.15) is 0 Å². The number of hydrogen-bond acceptors (Lipinski definition) is 3. The lowest BCUT2D eigenvalue weighted by atomic mass is 10.0. The topological polar surface area (TPSA) is 15.6 Å². The molecular weight excluding hydrogens is 252 g/mol. The van der Waals surface area contributed by atoms with Crippen LogP contribution < -0.4 is 0 Å². The number of aliphatic imine (C=N–C) groups is 1. The zero-order valence-electron chi connectivity index (χ0n) is 11.8. The van der Waals surface area contributed by atoms with Crippen molar-refractivity contribution in [1.29, 1.82) is 0 Å². The second-order valence-corrected chi connectivity index (χ2v) is 6.83. The number of amidine groups is 1.